The van der Waals surface area contributed by atoms with Gasteiger partial charge in [-0.1, -0.05) is 32.4 Å². The van der Waals surface area contributed by atoms with E-state index in [9.17, 15) is 28.1 Å². The van der Waals surface area contributed by atoms with E-state index in [0.717, 1.165) is 29.5 Å². The molecule has 2 aromatic carbocycles. The van der Waals surface area contributed by atoms with Crippen molar-refractivity contribution < 1.29 is 32.4 Å². The van der Waals surface area contributed by atoms with Crippen molar-refractivity contribution >= 4 is 33.2 Å². The van der Waals surface area contributed by atoms with Crippen LogP contribution in [0.3, 0.4) is 0 Å². The fraction of sp³-hybridized carbons (Fsp3) is 0.462. The highest BCUT2D eigenvalue weighted by Crippen LogP contribution is 2.34. The van der Waals surface area contributed by atoms with E-state index >= 15 is 0 Å². The summed E-state index contributed by atoms with van der Waals surface area (Å²) >= 11 is 0. The highest BCUT2D eigenvalue weighted by atomic mass is 32.2. The summed E-state index contributed by atoms with van der Waals surface area (Å²) in [6, 6.07) is 9.53. The maximum atomic E-state index is 13.8. The van der Waals surface area contributed by atoms with E-state index in [4.69, 9.17) is 9.47 Å². The predicted molar refractivity (Wildman–Crippen MR) is 147 cm³/mol. The van der Waals surface area contributed by atoms with Crippen molar-refractivity contribution in [1.29, 1.82) is 0 Å². The maximum Gasteiger partial charge on any atom is 0.271 e. The fourth-order valence-corrected chi connectivity index (χ4v) is 4.78. The van der Waals surface area contributed by atoms with Gasteiger partial charge in [0.2, 0.25) is 21.8 Å². The Labute approximate surface area is 229 Å². The quantitative estimate of drug-likeness (QED) is 0.197. The maximum absolute atomic E-state index is 13.8. The van der Waals surface area contributed by atoms with Crippen molar-refractivity contribution in [2.75, 3.05) is 37.9 Å². The molecule has 0 aromatic heterocycles. The van der Waals surface area contributed by atoms with Gasteiger partial charge in [0.15, 0.2) is 0 Å². The van der Waals surface area contributed by atoms with Crippen LogP contribution < -0.4 is 19.1 Å². The number of methoxy groups -OCH3 is 2. The second kappa shape index (κ2) is 14.3. The van der Waals surface area contributed by atoms with Gasteiger partial charge in [0, 0.05) is 25.2 Å². The highest BCUT2D eigenvalue weighted by molar-refractivity contribution is 7.92. The summed E-state index contributed by atoms with van der Waals surface area (Å²) in [6.07, 6.45) is 2.81. The molecule has 39 heavy (non-hydrogen) atoms. The molecule has 2 amide bonds. The second-order valence-electron chi connectivity index (χ2n) is 8.82. The minimum Gasteiger partial charge on any atom is -0.497 e. The van der Waals surface area contributed by atoms with Gasteiger partial charge in [0.25, 0.3) is 5.69 Å². The topological polar surface area (TPSA) is 148 Å². The monoisotopic (exact) mass is 564 g/mol. The minimum absolute atomic E-state index is 0.0200. The number of rotatable bonds is 15. The summed E-state index contributed by atoms with van der Waals surface area (Å²) in [5.74, 6) is -0.374. The van der Waals surface area contributed by atoms with Crippen LogP contribution in [0.15, 0.2) is 42.5 Å². The number of amides is 2. The van der Waals surface area contributed by atoms with Crippen LogP contribution in [0, 0.1) is 10.1 Å². The number of sulfonamides is 1. The van der Waals surface area contributed by atoms with Gasteiger partial charge in [-0.15, -0.1) is 0 Å². The zero-order valence-corrected chi connectivity index (χ0v) is 23.7. The molecule has 12 nitrogen and oxygen atoms in total. The van der Waals surface area contributed by atoms with Gasteiger partial charge in [-0.2, -0.15) is 0 Å². The first kappa shape index (κ1) is 31.3. The Kier molecular flexibility index (Phi) is 11.5. The lowest BCUT2D eigenvalue weighted by molar-refractivity contribution is -0.384. The zero-order chi connectivity index (χ0) is 29.2. The Hall–Kier alpha value is -3.87. The lowest BCUT2D eigenvalue weighted by Crippen LogP contribution is -2.52. The molecule has 0 spiro atoms. The molecule has 1 N–H and O–H groups in total. The second-order valence-corrected chi connectivity index (χ2v) is 10.7. The van der Waals surface area contributed by atoms with E-state index < -0.39 is 33.4 Å². The summed E-state index contributed by atoms with van der Waals surface area (Å²) in [5, 5.41) is 14.2. The number of hydrogen-bond donors (Lipinski definition) is 1. The average molecular weight is 565 g/mol. The van der Waals surface area contributed by atoms with Crippen molar-refractivity contribution in [1.82, 2.24) is 10.2 Å². The largest absolute Gasteiger partial charge is 0.497 e. The first-order chi connectivity index (χ1) is 18.5. The molecule has 0 radical (unpaired) electrons. The molecule has 0 bridgehead atoms. The standard InChI is InChI=1S/C26H36N4O8S/c1-6-8-15-27-26(32)22(7-2)28(17-19-9-12-21(37-3)13-10-19)25(31)18-29(39(5,35)36)23-16-20(30(33)34)11-14-24(23)38-4/h9-14,16,22H,6-8,15,17-18H2,1-5H3,(H,27,32)/t22-/m1/s1. The molecule has 0 aliphatic heterocycles. The summed E-state index contributed by atoms with van der Waals surface area (Å²) in [6.45, 7) is 3.51. The molecule has 2 aromatic rings. The molecule has 0 saturated heterocycles. The molecular formula is C26H36N4O8S. The molecule has 0 unspecified atom stereocenters. The molecule has 214 valence electrons. The van der Waals surface area contributed by atoms with Crippen LogP contribution in [0.25, 0.3) is 0 Å². The SMILES string of the molecule is CCCCNC(=O)[C@@H](CC)N(Cc1ccc(OC)cc1)C(=O)CN(c1cc([N+](=O)[O-])ccc1OC)S(C)(=O)=O. The highest BCUT2D eigenvalue weighted by Gasteiger charge is 2.33. The van der Waals surface area contributed by atoms with Crippen LogP contribution in [0.4, 0.5) is 11.4 Å². The molecule has 0 fully saturated rings. The number of unbranched alkanes of at least 4 members (excludes halogenated alkanes) is 1. The van der Waals surface area contributed by atoms with Gasteiger partial charge in [-0.3, -0.25) is 24.0 Å². The predicted octanol–water partition coefficient (Wildman–Crippen LogP) is 3.10. The van der Waals surface area contributed by atoms with E-state index in [0.29, 0.717) is 17.9 Å². The van der Waals surface area contributed by atoms with E-state index in [2.05, 4.69) is 5.32 Å². The first-order valence-electron chi connectivity index (χ1n) is 12.5. The third-order valence-electron chi connectivity index (χ3n) is 6.05. The molecule has 13 heteroatoms. The van der Waals surface area contributed by atoms with Crippen molar-refractivity contribution in [2.45, 2.75) is 45.7 Å². The van der Waals surface area contributed by atoms with E-state index in [-0.39, 0.29) is 36.0 Å². The van der Waals surface area contributed by atoms with Gasteiger partial charge in [0.05, 0.1) is 25.4 Å². The summed E-state index contributed by atoms with van der Waals surface area (Å²) in [5.41, 5.74) is 0.166. The summed E-state index contributed by atoms with van der Waals surface area (Å²) in [4.78, 5) is 38.9. The third-order valence-corrected chi connectivity index (χ3v) is 7.18. The smallest absolute Gasteiger partial charge is 0.271 e. The molecule has 2 rings (SSSR count). The third kappa shape index (κ3) is 8.57. The van der Waals surface area contributed by atoms with Gasteiger partial charge < -0.3 is 19.7 Å². The molecule has 1 atom stereocenters. The van der Waals surface area contributed by atoms with Crippen LogP contribution in [-0.4, -0.2) is 69.7 Å². The number of benzene rings is 2. The molecule has 0 heterocycles. The summed E-state index contributed by atoms with van der Waals surface area (Å²) < 4.78 is 36.9. The first-order valence-corrected chi connectivity index (χ1v) is 14.3. The zero-order valence-electron chi connectivity index (χ0n) is 22.9. The number of carbonyl (C=O) groups is 2. The van der Waals surface area contributed by atoms with Crippen LogP contribution in [0.2, 0.25) is 0 Å². The Morgan fingerprint density at radius 1 is 1.08 bits per heavy atom. The number of nitro benzene ring substituents is 1. The van der Waals surface area contributed by atoms with E-state index in [1.54, 1.807) is 31.2 Å². The number of ether oxygens (including phenoxy) is 2. The Morgan fingerprint density at radius 3 is 2.26 bits per heavy atom. The van der Waals surface area contributed by atoms with Gasteiger partial charge >= 0.3 is 0 Å². The number of carbonyl (C=O) groups excluding carboxylic acids is 2. The van der Waals surface area contributed by atoms with Gasteiger partial charge in [-0.05, 0) is 36.6 Å². The van der Waals surface area contributed by atoms with Gasteiger partial charge in [0.1, 0.15) is 29.8 Å². The number of nitrogens with one attached hydrogen (secondary N) is 1. The van der Waals surface area contributed by atoms with Crippen LogP contribution in [-0.2, 0) is 26.2 Å². The number of nitro groups is 1. The molecular weight excluding hydrogens is 528 g/mol. The van der Waals surface area contributed by atoms with Crippen molar-refractivity contribution in [3.63, 3.8) is 0 Å². The lowest BCUT2D eigenvalue weighted by atomic mass is 10.1. The van der Waals surface area contributed by atoms with Crippen molar-refractivity contribution in [3.8, 4) is 11.5 Å². The lowest BCUT2D eigenvalue weighted by Gasteiger charge is -2.33. The summed E-state index contributed by atoms with van der Waals surface area (Å²) in [7, 11) is -1.29. The van der Waals surface area contributed by atoms with Crippen molar-refractivity contribution in [3.05, 3.63) is 58.1 Å². The number of anilines is 1. The van der Waals surface area contributed by atoms with E-state index in [1.807, 2.05) is 6.92 Å². The normalized spacial score (nSPS) is 11.8. The Morgan fingerprint density at radius 2 is 1.74 bits per heavy atom. The number of nitrogens with zero attached hydrogens (tertiary/aromatic N) is 3. The van der Waals surface area contributed by atoms with Crippen molar-refractivity contribution in [2.24, 2.45) is 0 Å². The molecule has 0 aliphatic rings. The minimum atomic E-state index is -4.11. The van der Waals surface area contributed by atoms with Crippen LogP contribution in [0.1, 0.15) is 38.7 Å². The van der Waals surface area contributed by atoms with Crippen LogP contribution in [0.5, 0.6) is 11.5 Å². The Balaban J connectivity index is 2.52. The van der Waals surface area contributed by atoms with Gasteiger partial charge in [-0.25, -0.2) is 8.42 Å². The Bertz CT molecular complexity index is 1250. The number of hydrogen-bond acceptors (Lipinski definition) is 8. The van der Waals surface area contributed by atoms with Crippen LogP contribution >= 0.6 is 0 Å². The fourth-order valence-electron chi connectivity index (χ4n) is 3.93. The average Bonchev–Trinajstić information content (AvgIpc) is 2.90. The molecule has 0 saturated carbocycles. The molecule has 0 aliphatic carbocycles. The van der Waals surface area contributed by atoms with E-state index in [1.165, 1.54) is 31.3 Å². The number of non-ortho nitro benzene ring substituents is 1.